The number of aryl methyl sites for hydroxylation is 1. The Hall–Kier alpha value is -2.78. The van der Waals surface area contributed by atoms with Crippen LogP contribution >= 0.6 is 34.8 Å². The quantitative estimate of drug-likeness (QED) is 0.243. The van der Waals surface area contributed by atoms with E-state index >= 15 is 0 Å². The van der Waals surface area contributed by atoms with Crippen LogP contribution in [-0.4, -0.2) is 50.0 Å². The van der Waals surface area contributed by atoms with E-state index in [1.54, 1.807) is 0 Å². The fraction of sp³-hybridized carbons (Fsp3) is 0.355. The number of carbonyl (C=O) groups excluding carboxylic acids is 2. The first-order chi connectivity index (χ1) is 19.9. The van der Waals surface area contributed by atoms with Crippen LogP contribution in [0.5, 0.6) is 0 Å². The van der Waals surface area contributed by atoms with Crippen LogP contribution in [0.1, 0.15) is 42.4 Å². The van der Waals surface area contributed by atoms with E-state index in [1.165, 1.54) is 17.0 Å². The summed E-state index contributed by atoms with van der Waals surface area (Å²) < 4.78 is 26.9. The van der Waals surface area contributed by atoms with Gasteiger partial charge in [-0.3, -0.25) is 13.9 Å². The van der Waals surface area contributed by atoms with Crippen molar-refractivity contribution in [1.82, 2.24) is 10.2 Å². The van der Waals surface area contributed by atoms with Crippen molar-refractivity contribution in [3.63, 3.8) is 0 Å². The van der Waals surface area contributed by atoms with Gasteiger partial charge >= 0.3 is 0 Å². The number of anilines is 1. The molecule has 0 aromatic heterocycles. The van der Waals surface area contributed by atoms with Gasteiger partial charge in [0.05, 0.1) is 27.0 Å². The molecule has 224 valence electrons. The number of nitrogens with zero attached hydrogens (tertiary/aromatic N) is 2. The second-order valence-corrected chi connectivity index (χ2v) is 13.8. The summed E-state index contributed by atoms with van der Waals surface area (Å²) >= 11 is 18.7. The van der Waals surface area contributed by atoms with Gasteiger partial charge in [-0.15, -0.1) is 0 Å². The highest BCUT2D eigenvalue weighted by molar-refractivity contribution is 7.92. The summed E-state index contributed by atoms with van der Waals surface area (Å²) in [7, 11) is -4.00. The summed E-state index contributed by atoms with van der Waals surface area (Å²) in [5.74, 6) is -0.838. The van der Waals surface area contributed by atoms with E-state index in [0.717, 1.165) is 52.9 Å². The van der Waals surface area contributed by atoms with Crippen LogP contribution in [0.15, 0.2) is 66.7 Å². The maximum absolute atomic E-state index is 14.2. The molecule has 0 saturated heterocycles. The van der Waals surface area contributed by atoms with Crippen LogP contribution in [0.4, 0.5) is 5.69 Å². The van der Waals surface area contributed by atoms with Crippen molar-refractivity contribution in [2.24, 2.45) is 0 Å². The zero-order valence-corrected chi connectivity index (χ0v) is 26.6. The number of hydrogen-bond acceptors (Lipinski definition) is 4. The molecular formula is C31H34Cl3N3O4S. The summed E-state index contributed by atoms with van der Waals surface area (Å²) in [5.41, 5.74) is 2.75. The molecule has 0 radical (unpaired) electrons. The van der Waals surface area contributed by atoms with Gasteiger partial charge in [0.25, 0.3) is 0 Å². The van der Waals surface area contributed by atoms with Crippen LogP contribution < -0.4 is 9.62 Å². The lowest BCUT2D eigenvalue weighted by molar-refractivity contribution is -0.140. The molecular weight excluding hydrogens is 617 g/mol. The highest BCUT2D eigenvalue weighted by atomic mass is 35.5. The maximum Gasteiger partial charge on any atom is 0.244 e. The molecule has 1 N–H and O–H groups in total. The molecule has 1 fully saturated rings. The molecule has 3 aromatic carbocycles. The lowest BCUT2D eigenvalue weighted by Crippen LogP contribution is -2.54. The number of sulfonamides is 1. The topological polar surface area (TPSA) is 86.8 Å². The summed E-state index contributed by atoms with van der Waals surface area (Å²) in [4.78, 5) is 29.6. The molecule has 42 heavy (non-hydrogen) atoms. The Morgan fingerprint density at radius 3 is 2.14 bits per heavy atom. The zero-order chi connectivity index (χ0) is 30.4. The predicted molar refractivity (Wildman–Crippen MR) is 170 cm³/mol. The molecule has 0 heterocycles. The van der Waals surface area contributed by atoms with E-state index in [2.05, 4.69) is 5.32 Å². The third-order valence-electron chi connectivity index (χ3n) is 7.38. The maximum atomic E-state index is 14.2. The lowest BCUT2D eigenvalue weighted by Gasteiger charge is -2.34. The van der Waals surface area contributed by atoms with E-state index < -0.39 is 28.5 Å². The highest BCUT2D eigenvalue weighted by Gasteiger charge is 2.34. The summed E-state index contributed by atoms with van der Waals surface area (Å²) in [6, 6.07) is 18.9. The number of halogens is 3. The Morgan fingerprint density at radius 1 is 0.905 bits per heavy atom. The fourth-order valence-electron chi connectivity index (χ4n) is 5.11. The molecule has 0 aliphatic heterocycles. The normalized spacial score (nSPS) is 14.4. The Bertz CT molecular complexity index is 1510. The van der Waals surface area contributed by atoms with E-state index in [-0.39, 0.29) is 45.7 Å². The van der Waals surface area contributed by atoms with Gasteiger partial charge < -0.3 is 10.2 Å². The van der Waals surface area contributed by atoms with Gasteiger partial charge in [-0.1, -0.05) is 108 Å². The van der Waals surface area contributed by atoms with Crippen LogP contribution in [0.2, 0.25) is 15.1 Å². The van der Waals surface area contributed by atoms with E-state index in [0.29, 0.717) is 0 Å². The number of rotatable bonds is 11. The first-order valence-corrected chi connectivity index (χ1v) is 16.7. The summed E-state index contributed by atoms with van der Waals surface area (Å²) in [5, 5.41) is 3.41. The third-order valence-corrected chi connectivity index (χ3v) is 9.54. The minimum Gasteiger partial charge on any atom is -0.352 e. The summed E-state index contributed by atoms with van der Waals surface area (Å²) in [6.45, 7) is 1.47. The molecule has 3 aromatic rings. The van der Waals surface area contributed by atoms with Gasteiger partial charge in [0, 0.05) is 19.0 Å². The third kappa shape index (κ3) is 8.40. The molecule has 1 aliphatic carbocycles. The first-order valence-electron chi connectivity index (χ1n) is 13.7. The van der Waals surface area contributed by atoms with Gasteiger partial charge in [0.2, 0.25) is 21.8 Å². The van der Waals surface area contributed by atoms with Crippen molar-refractivity contribution in [2.75, 3.05) is 17.1 Å². The molecule has 1 saturated carbocycles. The second-order valence-electron chi connectivity index (χ2n) is 10.7. The molecule has 11 heteroatoms. The Balaban J connectivity index is 1.75. The lowest BCUT2D eigenvalue weighted by atomic mass is 10.0. The van der Waals surface area contributed by atoms with Crippen LogP contribution in [0.3, 0.4) is 0 Å². The highest BCUT2D eigenvalue weighted by Crippen LogP contribution is 2.35. The van der Waals surface area contributed by atoms with Gasteiger partial charge in [0.15, 0.2) is 0 Å². The molecule has 0 bridgehead atoms. The number of nitrogens with one attached hydrogen (secondary N) is 1. The largest absolute Gasteiger partial charge is 0.352 e. The van der Waals surface area contributed by atoms with Crippen molar-refractivity contribution in [2.45, 2.75) is 57.7 Å². The average molecular weight is 651 g/mol. The zero-order valence-electron chi connectivity index (χ0n) is 23.5. The van der Waals surface area contributed by atoms with Gasteiger partial charge in [-0.25, -0.2) is 8.42 Å². The number of amides is 2. The monoisotopic (exact) mass is 649 g/mol. The molecule has 0 unspecified atom stereocenters. The SMILES string of the molecule is Cc1ccc(CN(C(=O)CN(c2cc(Cl)c(Cl)cc2Cl)S(C)(=O)=O)[C@@H](Cc2ccccc2)C(=O)NC2CCCC2)cc1. The van der Waals surface area contributed by atoms with Crippen LogP contribution in [0, 0.1) is 6.92 Å². The number of carbonyl (C=O) groups is 2. The van der Waals surface area contributed by atoms with Crippen molar-refractivity contribution in [3.8, 4) is 0 Å². The van der Waals surface area contributed by atoms with Gasteiger partial charge in [0.1, 0.15) is 12.6 Å². The predicted octanol–water partition coefficient (Wildman–Crippen LogP) is 6.42. The van der Waals surface area contributed by atoms with E-state index in [1.807, 2.05) is 61.5 Å². The van der Waals surface area contributed by atoms with Crippen molar-refractivity contribution >= 4 is 62.3 Å². The number of hydrogen-bond donors (Lipinski definition) is 1. The van der Waals surface area contributed by atoms with Crippen LogP contribution in [-0.2, 0) is 32.6 Å². The van der Waals surface area contributed by atoms with Crippen molar-refractivity contribution < 1.29 is 18.0 Å². The summed E-state index contributed by atoms with van der Waals surface area (Å²) in [6.07, 6.45) is 5.07. The molecule has 1 aliphatic rings. The minimum absolute atomic E-state index is 0.0206. The van der Waals surface area contributed by atoms with Crippen molar-refractivity contribution in [3.05, 3.63) is 98.5 Å². The standard InChI is InChI=1S/C31H34Cl3N3O4S/c1-21-12-14-23(15-13-21)19-36(29(16-22-8-4-3-5-9-22)31(39)35-24-10-6-7-11-24)30(38)20-37(42(2,40)41)28-18-26(33)25(32)17-27(28)34/h3-5,8-9,12-15,17-18,24,29H,6-7,10-11,16,19-20H2,1-2H3,(H,35,39)/t29-/m0/s1. The first kappa shape index (κ1) is 32.1. The van der Waals surface area contributed by atoms with E-state index in [9.17, 15) is 18.0 Å². The van der Waals surface area contributed by atoms with Crippen molar-refractivity contribution in [1.29, 1.82) is 0 Å². The molecule has 1 atom stereocenters. The fourth-order valence-corrected chi connectivity index (χ4v) is 6.66. The van der Waals surface area contributed by atoms with Gasteiger partial charge in [-0.2, -0.15) is 0 Å². The second kappa shape index (κ2) is 14.1. The Morgan fingerprint density at radius 2 is 1.52 bits per heavy atom. The van der Waals surface area contributed by atoms with Gasteiger partial charge in [-0.05, 0) is 43.0 Å². The molecule has 2 amide bonds. The average Bonchev–Trinajstić information content (AvgIpc) is 3.45. The molecule has 0 spiro atoms. The Labute approximate surface area is 262 Å². The number of benzene rings is 3. The molecule has 7 nitrogen and oxygen atoms in total. The van der Waals surface area contributed by atoms with Crippen LogP contribution in [0.25, 0.3) is 0 Å². The smallest absolute Gasteiger partial charge is 0.244 e. The Kier molecular flexibility index (Phi) is 10.8. The molecule has 4 rings (SSSR count). The minimum atomic E-state index is -4.00. The van der Waals surface area contributed by atoms with E-state index in [4.69, 9.17) is 34.8 Å².